The molecule has 1 aliphatic heterocycles. The zero-order valence-electron chi connectivity index (χ0n) is 14.7. The number of hydrogen-bond acceptors (Lipinski definition) is 3. The van der Waals surface area contributed by atoms with E-state index in [2.05, 4.69) is 21.4 Å². The standard InChI is InChI=1S/C18H23BrN4O3/c1-11-8-14(19)4-5-15(11)16(24)21-23(18(20)26)10-12-6-7-22(9-12)17(25)13-2-3-13/h4-5,8,12-13H,2-3,6-7,9-10H2,1H3,(H2,20,26)(H,21,24)/t12-/m0/s1. The van der Waals surface area contributed by atoms with Crippen molar-refractivity contribution in [2.24, 2.45) is 17.6 Å². The van der Waals surface area contributed by atoms with Crippen LogP contribution in [0.3, 0.4) is 0 Å². The van der Waals surface area contributed by atoms with Gasteiger partial charge in [-0.3, -0.25) is 15.0 Å². The van der Waals surface area contributed by atoms with Crippen LogP contribution in [0.1, 0.15) is 35.2 Å². The molecule has 26 heavy (non-hydrogen) atoms. The topological polar surface area (TPSA) is 95.7 Å². The Kier molecular flexibility index (Phi) is 5.50. The lowest BCUT2D eigenvalue weighted by Crippen LogP contribution is -2.51. The molecule has 0 aromatic heterocycles. The molecular weight excluding hydrogens is 400 g/mol. The van der Waals surface area contributed by atoms with Crippen LogP contribution in [-0.4, -0.2) is 47.4 Å². The first-order chi connectivity index (χ1) is 12.3. The Balaban J connectivity index is 1.60. The molecule has 1 saturated heterocycles. The van der Waals surface area contributed by atoms with Crippen molar-refractivity contribution in [1.82, 2.24) is 15.3 Å². The largest absolute Gasteiger partial charge is 0.350 e. The molecule has 1 aromatic rings. The van der Waals surface area contributed by atoms with Crippen LogP contribution >= 0.6 is 15.9 Å². The Morgan fingerprint density at radius 3 is 2.65 bits per heavy atom. The molecule has 2 aliphatic rings. The number of hydrogen-bond donors (Lipinski definition) is 2. The molecule has 8 heteroatoms. The number of rotatable bonds is 4. The molecule has 1 aromatic carbocycles. The van der Waals surface area contributed by atoms with Crippen molar-refractivity contribution in [3.05, 3.63) is 33.8 Å². The maximum absolute atomic E-state index is 12.5. The van der Waals surface area contributed by atoms with Gasteiger partial charge in [-0.2, -0.15) is 0 Å². The van der Waals surface area contributed by atoms with Gasteiger partial charge in [-0.1, -0.05) is 15.9 Å². The van der Waals surface area contributed by atoms with E-state index in [1.165, 1.54) is 0 Å². The van der Waals surface area contributed by atoms with Gasteiger partial charge in [-0.25, -0.2) is 9.80 Å². The smallest absolute Gasteiger partial charge is 0.333 e. The number of likely N-dealkylation sites (tertiary alicyclic amines) is 1. The highest BCUT2D eigenvalue weighted by Gasteiger charge is 2.37. The van der Waals surface area contributed by atoms with E-state index in [0.29, 0.717) is 25.2 Å². The Labute approximate surface area is 161 Å². The van der Waals surface area contributed by atoms with Crippen molar-refractivity contribution < 1.29 is 14.4 Å². The van der Waals surface area contributed by atoms with E-state index < -0.39 is 6.03 Å². The predicted molar refractivity (Wildman–Crippen MR) is 100 cm³/mol. The van der Waals surface area contributed by atoms with Gasteiger partial charge in [0.25, 0.3) is 5.91 Å². The average molecular weight is 423 g/mol. The maximum Gasteiger partial charge on any atom is 0.333 e. The molecule has 0 unspecified atom stereocenters. The fourth-order valence-electron chi connectivity index (χ4n) is 3.28. The van der Waals surface area contributed by atoms with Gasteiger partial charge in [0, 0.05) is 35.6 Å². The summed E-state index contributed by atoms with van der Waals surface area (Å²) in [6, 6.07) is 4.59. The summed E-state index contributed by atoms with van der Waals surface area (Å²) >= 11 is 3.36. The molecular formula is C18H23BrN4O3. The van der Waals surface area contributed by atoms with Crippen LogP contribution in [0, 0.1) is 18.8 Å². The van der Waals surface area contributed by atoms with Gasteiger partial charge in [0.15, 0.2) is 0 Å². The van der Waals surface area contributed by atoms with E-state index in [4.69, 9.17) is 5.73 Å². The number of carbonyl (C=O) groups is 3. The highest BCUT2D eigenvalue weighted by molar-refractivity contribution is 9.10. The highest BCUT2D eigenvalue weighted by atomic mass is 79.9. The molecule has 140 valence electrons. The van der Waals surface area contributed by atoms with Crippen LogP contribution in [-0.2, 0) is 4.79 Å². The van der Waals surface area contributed by atoms with Gasteiger partial charge in [0.1, 0.15) is 0 Å². The van der Waals surface area contributed by atoms with Gasteiger partial charge in [-0.05, 0) is 55.9 Å². The quantitative estimate of drug-likeness (QED) is 0.726. The summed E-state index contributed by atoms with van der Waals surface area (Å²) in [6.45, 7) is 3.43. The predicted octanol–water partition coefficient (Wildman–Crippen LogP) is 2.04. The number of amides is 4. The van der Waals surface area contributed by atoms with E-state index in [9.17, 15) is 14.4 Å². The van der Waals surface area contributed by atoms with Gasteiger partial charge < -0.3 is 10.6 Å². The number of primary amides is 1. The van der Waals surface area contributed by atoms with E-state index >= 15 is 0 Å². The molecule has 1 aliphatic carbocycles. The van der Waals surface area contributed by atoms with Gasteiger partial charge >= 0.3 is 6.03 Å². The van der Waals surface area contributed by atoms with Gasteiger partial charge in [0.2, 0.25) is 5.91 Å². The maximum atomic E-state index is 12.5. The minimum atomic E-state index is -0.708. The highest BCUT2D eigenvalue weighted by Crippen LogP contribution is 2.33. The van der Waals surface area contributed by atoms with Crippen LogP contribution < -0.4 is 11.2 Å². The molecule has 3 N–H and O–H groups in total. The molecule has 4 amide bonds. The number of aryl methyl sites for hydroxylation is 1. The zero-order valence-corrected chi connectivity index (χ0v) is 16.3. The number of halogens is 1. The first-order valence-electron chi connectivity index (χ1n) is 8.78. The van der Waals surface area contributed by atoms with E-state index in [0.717, 1.165) is 34.3 Å². The number of nitrogens with zero attached hydrogens (tertiary/aromatic N) is 2. The molecule has 1 atom stereocenters. The number of hydrazine groups is 1. The summed E-state index contributed by atoms with van der Waals surface area (Å²) in [6.07, 6.45) is 2.77. The molecule has 3 rings (SSSR count). The van der Waals surface area contributed by atoms with Crippen molar-refractivity contribution in [2.75, 3.05) is 19.6 Å². The van der Waals surface area contributed by atoms with Crippen molar-refractivity contribution in [3.8, 4) is 0 Å². The van der Waals surface area contributed by atoms with Crippen molar-refractivity contribution >= 4 is 33.8 Å². The lowest BCUT2D eigenvalue weighted by atomic mass is 10.1. The summed E-state index contributed by atoms with van der Waals surface area (Å²) in [5, 5.41) is 1.15. The summed E-state index contributed by atoms with van der Waals surface area (Å²) in [5.74, 6) is 0.142. The van der Waals surface area contributed by atoms with Crippen molar-refractivity contribution in [3.63, 3.8) is 0 Å². The summed E-state index contributed by atoms with van der Waals surface area (Å²) < 4.78 is 0.879. The molecule has 2 fully saturated rings. The SMILES string of the molecule is Cc1cc(Br)ccc1C(=O)NN(C[C@H]1CCN(C(=O)C2CC2)C1)C(N)=O. The second kappa shape index (κ2) is 7.65. The van der Waals surface area contributed by atoms with Crippen molar-refractivity contribution in [2.45, 2.75) is 26.2 Å². The lowest BCUT2D eigenvalue weighted by molar-refractivity contribution is -0.131. The number of nitrogens with two attached hydrogens (primary N) is 1. The molecule has 1 saturated carbocycles. The molecule has 0 radical (unpaired) electrons. The average Bonchev–Trinajstić information content (AvgIpc) is 3.32. The minimum absolute atomic E-state index is 0.108. The lowest BCUT2D eigenvalue weighted by Gasteiger charge is -2.25. The Bertz CT molecular complexity index is 735. The number of urea groups is 1. The fraction of sp³-hybridized carbons (Fsp3) is 0.500. The van der Waals surface area contributed by atoms with Gasteiger partial charge in [-0.15, -0.1) is 0 Å². The summed E-state index contributed by atoms with van der Waals surface area (Å²) in [4.78, 5) is 38.3. The van der Waals surface area contributed by atoms with Crippen LogP contribution in [0.25, 0.3) is 0 Å². The first-order valence-corrected chi connectivity index (χ1v) is 9.57. The van der Waals surface area contributed by atoms with E-state index in [1.807, 2.05) is 17.9 Å². The Morgan fingerprint density at radius 2 is 2.04 bits per heavy atom. The number of carbonyl (C=O) groups excluding carboxylic acids is 3. The molecule has 0 spiro atoms. The summed E-state index contributed by atoms with van der Waals surface area (Å²) in [5.41, 5.74) is 9.32. The van der Waals surface area contributed by atoms with Crippen molar-refractivity contribution in [1.29, 1.82) is 0 Å². The number of nitrogens with one attached hydrogen (secondary N) is 1. The van der Waals surface area contributed by atoms with E-state index in [1.54, 1.807) is 12.1 Å². The molecule has 0 bridgehead atoms. The Hall–Kier alpha value is -2.09. The van der Waals surface area contributed by atoms with Gasteiger partial charge in [0.05, 0.1) is 0 Å². The normalized spacial score (nSPS) is 19.3. The third kappa shape index (κ3) is 4.35. The second-order valence-electron chi connectivity index (χ2n) is 7.06. The monoisotopic (exact) mass is 422 g/mol. The van der Waals surface area contributed by atoms with Crippen LogP contribution in [0.15, 0.2) is 22.7 Å². The van der Waals surface area contributed by atoms with Crippen LogP contribution in [0.4, 0.5) is 4.79 Å². The minimum Gasteiger partial charge on any atom is -0.350 e. The molecule has 1 heterocycles. The van der Waals surface area contributed by atoms with Crippen LogP contribution in [0.2, 0.25) is 0 Å². The molecule has 7 nitrogen and oxygen atoms in total. The summed E-state index contributed by atoms with van der Waals surface area (Å²) in [7, 11) is 0. The third-order valence-electron chi connectivity index (χ3n) is 4.90. The first kappa shape index (κ1) is 18.7. The Morgan fingerprint density at radius 1 is 1.31 bits per heavy atom. The zero-order chi connectivity index (χ0) is 18.8. The van der Waals surface area contributed by atoms with E-state index in [-0.39, 0.29) is 23.7 Å². The third-order valence-corrected chi connectivity index (χ3v) is 5.39. The second-order valence-corrected chi connectivity index (χ2v) is 7.98. The van der Waals surface area contributed by atoms with Crippen LogP contribution in [0.5, 0.6) is 0 Å². The fourth-order valence-corrected chi connectivity index (χ4v) is 3.76. The number of benzene rings is 1.